The SMILES string of the molecule is CC(C)(C)c1ccc(C(=O)N2CCN(c3ccc(NS(=O)(=O)c4cccc(C(F)(F)F)c4)cc3)CC2)cc1. The maximum absolute atomic E-state index is 13.0. The molecule has 0 unspecified atom stereocenters. The van der Waals surface area contributed by atoms with Crippen molar-refractivity contribution < 1.29 is 26.4 Å². The fourth-order valence-electron chi connectivity index (χ4n) is 4.26. The molecule has 0 bridgehead atoms. The molecule has 0 radical (unpaired) electrons. The normalized spacial score (nSPS) is 14.9. The Bertz CT molecular complexity index is 1390. The molecule has 0 atom stereocenters. The zero-order valence-electron chi connectivity index (χ0n) is 21.4. The van der Waals surface area contributed by atoms with Crippen LogP contribution in [-0.2, 0) is 21.6 Å². The highest BCUT2D eigenvalue weighted by Crippen LogP contribution is 2.31. The van der Waals surface area contributed by atoms with Gasteiger partial charge in [-0.3, -0.25) is 9.52 Å². The number of sulfonamides is 1. The van der Waals surface area contributed by atoms with Crippen LogP contribution in [0.25, 0.3) is 0 Å². The number of amides is 1. The molecule has 1 fully saturated rings. The average Bonchev–Trinajstić information content (AvgIpc) is 2.88. The molecule has 1 aliphatic rings. The number of benzene rings is 3. The number of rotatable bonds is 5. The Morgan fingerprint density at radius 3 is 1.97 bits per heavy atom. The first-order valence-electron chi connectivity index (χ1n) is 12.2. The maximum atomic E-state index is 13.0. The molecule has 202 valence electrons. The van der Waals surface area contributed by atoms with Gasteiger partial charge in [0.25, 0.3) is 15.9 Å². The fraction of sp³-hybridized carbons (Fsp3) is 0.321. The van der Waals surface area contributed by atoms with Gasteiger partial charge in [-0.15, -0.1) is 0 Å². The molecule has 1 N–H and O–H groups in total. The van der Waals surface area contributed by atoms with Gasteiger partial charge in [-0.1, -0.05) is 39.0 Å². The lowest BCUT2D eigenvalue weighted by Crippen LogP contribution is -2.48. The molecule has 3 aromatic carbocycles. The van der Waals surface area contributed by atoms with E-state index in [4.69, 9.17) is 0 Å². The molecule has 4 rings (SSSR count). The van der Waals surface area contributed by atoms with E-state index in [0.29, 0.717) is 37.8 Å². The Balaban J connectivity index is 1.36. The van der Waals surface area contributed by atoms with Crippen molar-refractivity contribution in [3.63, 3.8) is 0 Å². The van der Waals surface area contributed by atoms with Gasteiger partial charge in [0.1, 0.15) is 0 Å². The van der Waals surface area contributed by atoms with E-state index in [9.17, 15) is 26.4 Å². The molecule has 10 heteroatoms. The van der Waals surface area contributed by atoms with Crippen LogP contribution >= 0.6 is 0 Å². The Morgan fingerprint density at radius 1 is 0.816 bits per heavy atom. The summed E-state index contributed by atoms with van der Waals surface area (Å²) in [6.07, 6.45) is -4.64. The molecular formula is C28H30F3N3O3S. The van der Waals surface area contributed by atoms with Gasteiger partial charge < -0.3 is 9.80 Å². The number of nitrogens with one attached hydrogen (secondary N) is 1. The molecule has 0 aliphatic carbocycles. The number of hydrogen-bond acceptors (Lipinski definition) is 4. The molecule has 6 nitrogen and oxygen atoms in total. The monoisotopic (exact) mass is 545 g/mol. The molecule has 3 aromatic rings. The van der Waals surface area contributed by atoms with Gasteiger partial charge in [-0.25, -0.2) is 8.42 Å². The summed E-state index contributed by atoms with van der Waals surface area (Å²) in [7, 11) is -4.20. The smallest absolute Gasteiger partial charge is 0.368 e. The lowest BCUT2D eigenvalue weighted by atomic mass is 9.86. The summed E-state index contributed by atoms with van der Waals surface area (Å²) in [6, 6.07) is 17.9. The van der Waals surface area contributed by atoms with Crippen LogP contribution in [0.15, 0.2) is 77.7 Å². The van der Waals surface area contributed by atoms with E-state index in [1.807, 2.05) is 29.2 Å². The highest BCUT2D eigenvalue weighted by atomic mass is 32.2. The minimum Gasteiger partial charge on any atom is -0.368 e. The van der Waals surface area contributed by atoms with Crippen LogP contribution in [-0.4, -0.2) is 45.4 Å². The minimum absolute atomic E-state index is 0.00976. The number of carbonyl (C=O) groups excluding carboxylic acids is 1. The van der Waals surface area contributed by atoms with Crippen molar-refractivity contribution in [1.29, 1.82) is 0 Å². The van der Waals surface area contributed by atoms with Gasteiger partial charge in [0.15, 0.2) is 0 Å². The predicted octanol–water partition coefficient (Wildman–Crippen LogP) is 5.77. The van der Waals surface area contributed by atoms with E-state index in [2.05, 4.69) is 30.4 Å². The number of carbonyl (C=O) groups is 1. The van der Waals surface area contributed by atoms with Crippen LogP contribution in [0.1, 0.15) is 42.3 Å². The Morgan fingerprint density at radius 2 is 1.42 bits per heavy atom. The Kier molecular flexibility index (Phi) is 7.47. The Labute approximate surface area is 221 Å². The average molecular weight is 546 g/mol. The molecule has 1 heterocycles. The van der Waals surface area contributed by atoms with Gasteiger partial charge in [-0.2, -0.15) is 13.2 Å². The summed E-state index contributed by atoms with van der Waals surface area (Å²) in [4.78, 5) is 16.4. The summed E-state index contributed by atoms with van der Waals surface area (Å²) in [5, 5.41) is 0. The van der Waals surface area contributed by atoms with Crippen molar-refractivity contribution in [2.24, 2.45) is 0 Å². The van der Waals surface area contributed by atoms with Crippen LogP contribution < -0.4 is 9.62 Å². The molecule has 0 spiro atoms. The van der Waals surface area contributed by atoms with E-state index in [-0.39, 0.29) is 17.0 Å². The molecule has 1 amide bonds. The van der Waals surface area contributed by atoms with Crippen LogP contribution in [0.5, 0.6) is 0 Å². The van der Waals surface area contributed by atoms with Crippen LogP contribution in [0.3, 0.4) is 0 Å². The number of hydrogen-bond donors (Lipinski definition) is 1. The van der Waals surface area contributed by atoms with Crippen molar-refractivity contribution >= 4 is 27.3 Å². The van der Waals surface area contributed by atoms with Crippen LogP contribution in [0, 0.1) is 0 Å². The third kappa shape index (κ3) is 6.30. The van der Waals surface area contributed by atoms with Gasteiger partial charge in [0, 0.05) is 43.1 Å². The zero-order valence-corrected chi connectivity index (χ0v) is 22.2. The van der Waals surface area contributed by atoms with Gasteiger partial charge >= 0.3 is 6.18 Å². The zero-order chi connectivity index (χ0) is 27.7. The lowest BCUT2D eigenvalue weighted by molar-refractivity contribution is -0.137. The number of nitrogens with zero attached hydrogens (tertiary/aromatic N) is 2. The molecule has 38 heavy (non-hydrogen) atoms. The van der Waals surface area contributed by atoms with Crippen molar-refractivity contribution in [2.45, 2.75) is 37.3 Å². The van der Waals surface area contributed by atoms with E-state index < -0.39 is 26.7 Å². The van der Waals surface area contributed by atoms with Crippen molar-refractivity contribution in [1.82, 2.24) is 4.90 Å². The second kappa shape index (κ2) is 10.3. The first-order valence-corrected chi connectivity index (χ1v) is 13.7. The third-order valence-electron chi connectivity index (χ3n) is 6.52. The third-order valence-corrected chi connectivity index (χ3v) is 7.90. The van der Waals surface area contributed by atoms with E-state index >= 15 is 0 Å². The standard InChI is InChI=1S/C28H30F3N3O3S/c1-27(2,3)21-9-7-20(8-10-21)26(35)34-17-15-33(16-18-34)24-13-11-23(12-14-24)32-38(36,37)25-6-4-5-22(19-25)28(29,30)31/h4-14,19,32H,15-18H2,1-3H3. The molecule has 1 saturated heterocycles. The number of anilines is 2. The number of piperazine rings is 1. The van der Waals surface area contributed by atoms with E-state index in [1.54, 1.807) is 24.3 Å². The highest BCUT2D eigenvalue weighted by Gasteiger charge is 2.31. The first kappa shape index (κ1) is 27.5. The van der Waals surface area contributed by atoms with E-state index in [1.165, 1.54) is 5.56 Å². The van der Waals surface area contributed by atoms with E-state index in [0.717, 1.165) is 23.9 Å². The number of halogens is 3. The largest absolute Gasteiger partial charge is 0.416 e. The second-order valence-electron chi connectivity index (χ2n) is 10.3. The van der Waals surface area contributed by atoms with Crippen molar-refractivity contribution in [3.8, 4) is 0 Å². The molecule has 0 saturated carbocycles. The quantitative estimate of drug-likeness (QED) is 0.442. The molecular weight excluding hydrogens is 515 g/mol. The summed E-state index contributed by atoms with van der Waals surface area (Å²) in [5.41, 5.74) is 1.89. The first-order chi connectivity index (χ1) is 17.7. The summed E-state index contributed by atoms with van der Waals surface area (Å²) in [5.74, 6) is -0.00976. The lowest BCUT2D eigenvalue weighted by Gasteiger charge is -2.36. The fourth-order valence-corrected chi connectivity index (χ4v) is 5.36. The van der Waals surface area contributed by atoms with Gasteiger partial charge in [0.05, 0.1) is 10.5 Å². The minimum atomic E-state index is -4.64. The van der Waals surface area contributed by atoms with Crippen molar-refractivity contribution in [3.05, 3.63) is 89.5 Å². The highest BCUT2D eigenvalue weighted by molar-refractivity contribution is 7.92. The predicted molar refractivity (Wildman–Crippen MR) is 142 cm³/mol. The molecule has 0 aromatic heterocycles. The summed E-state index contributed by atoms with van der Waals surface area (Å²) in [6.45, 7) is 8.69. The summed E-state index contributed by atoms with van der Waals surface area (Å²) >= 11 is 0. The summed E-state index contributed by atoms with van der Waals surface area (Å²) < 4.78 is 66.5. The van der Waals surface area contributed by atoms with Crippen LogP contribution in [0.2, 0.25) is 0 Å². The topological polar surface area (TPSA) is 69.7 Å². The van der Waals surface area contributed by atoms with Gasteiger partial charge in [0.2, 0.25) is 0 Å². The Hall–Kier alpha value is -3.53. The van der Waals surface area contributed by atoms with Gasteiger partial charge in [-0.05, 0) is 65.6 Å². The number of alkyl halides is 3. The molecule has 1 aliphatic heterocycles. The maximum Gasteiger partial charge on any atom is 0.416 e. The van der Waals surface area contributed by atoms with Crippen molar-refractivity contribution in [2.75, 3.05) is 35.8 Å². The second-order valence-corrected chi connectivity index (χ2v) is 12.0. The van der Waals surface area contributed by atoms with Crippen LogP contribution in [0.4, 0.5) is 24.5 Å².